The number of hydrogen-bond donors (Lipinski definition) is 1. The fraction of sp³-hybridized carbons (Fsp3) is 0.579. The summed E-state index contributed by atoms with van der Waals surface area (Å²) in [5.41, 5.74) is 0.272. The van der Waals surface area contributed by atoms with E-state index in [1.165, 1.54) is 4.90 Å². The van der Waals surface area contributed by atoms with Gasteiger partial charge in [-0.05, 0) is 51.3 Å². The molecule has 0 bridgehead atoms. The standard InChI is InChI=1S/C19H28N2O5/c1-19(2,3)26-18(23)21-8-6-7-16(21)17(22)20-12-13-9-14(24-4)11-15(10-13)25-5/h9-11,16H,6-8,12H2,1-5H3,(H,20,22). The quantitative estimate of drug-likeness (QED) is 0.869. The van der Waals surface area contributed by atoms with Crippen molar-refractivity contribution in [3.05, 3.63) is 23.8 Å². The smallest absolute Gasteiger partial charge is 0.410 e. The van der Waals surface area contributed by atoms with Gasteiger partial charge in [0, 0.05) is 19.2 Å². The number of benzene rings is 1. The summed E-state index contributed by atoms with van der Waals surface area (Å²) in [5, 5.41) is 2.89. The van der Waals surface area contributed by atoms with Gasteiger partial charge in [0.05, 0.1) is 14.2 Å². The van der Waals surface area contributed by atoms with Crippen LogP contribution in [0.2, 0.25) is 0 Å². The molecule has 1 heterocycles. The van der Waals surface area contributed by atoms with E-state index < -0.39 is 17.7 Å². The van der Waals surface area contributed by atoms with Crippen LogP contribution < -0.4 is 14.8 Å². The number of rotatable bonds is 5. The molecule has 1 aliphatic heterocycles. The largest absolute Gasteiger partial charge is 0.497 e. The number of methoxy groups -OCH3 is 2. The van der Waals surface area contributed by atoms with Crippen molar-refractivity contribution in [1.82, 2.24) is 10.2 Å². The van der Waals surface area contributed by atoms with Gasteiger partial charge in [-0.25, -0.2) is 4.79 Å². The highest BCUT2D eigenvalue weighted by Crippen LogP contribution is 2.23. The summed E-state index contributed by atoms with van der Waals surface area (Å²) in [6, 6.07) is 4.94. The summed E-state index contributed by atoms with van der Waals surface area (Å²) in [6.07, 6.45) is 0.967. The number of hydrogen-bond acceptors (Lipinski definition) is 5. The number of nitrogens with zero attached hydrogens (tertiary/aromatic N) is 1. The summed E-state index contributed by atoms with van der Waals surface area (Å²) in [4.78, 5) is 26.4. The second kappa shape index (κ2) is 8.29. The fourth-order valence-electron chi connectivity index (χ4n) is 2.85. The number of carbonyl (C=O) groups is 2. The molecule has 1 atom stereocenters. The van der Waals surface area contributed by atoms with Gasteiger partial charge in [-0.15, -0.1) is 0 Å². The molecule has 0 aromatic heterocycles. The highest BCUT2D eigenvalue weighted by atomic mass is 16.6. The van der Waals surface area contributed by atoms with Crippen LogP contribution >= 0.6 is 0 Å². The van der Waals surface area contributed by atoms with E-state index in [9.17, 15) is 9.59 Å². The number of carbonyl (C=O) groups excluding carboxylic acids is 2. The maximum Gasteiger partial charge on any atom is 0.410 e. The third-order valence-corrected chi connectivity index (χ3v) is 4.06. The van der Waals surface area contributed by atoms with E-state index in [1.807, 2.05) is 32.9 Å². The second-order valence-electron chi connectivity index (χ2n) is 7.27. The van der Waals surface area contributed by atoms with Crippen LogP contribution in [0.15, 0.2) is 18.2 Å². The van der Waals surface area contributed by atoms with Crippen molar-refractivity contribution in [3.63, 3.8) is 0 Å². The monoisotopic (exact) mass is 364 g/mol. The maximum absolute atomic E-state index is 12.6. The van der Waals surface area contributed by atoms with Crippen LogP contribution in [0.25, 0.3) is 0 Å². The first-order valence-corrected chi connectivity index (χ1v) is 8.73. The Bertz CT molecular complexity index is 632. The minimum Gasteiger partial charge on any atom is -0.497 e. The van der Waals surface area contributed by atoms with Crippen LogP contribution in [0.4, 0.5) is 4.79 Å². The molecule has 2 rings (SSSR count). The van der Waals surface area contributed by atoms with Gasteiger partial charge in [0.1, 0.15) is 23.1 Å². The van der Waals surface area contributed by atoms with E-state index in [0.29, 0.717) is 31.0 Å². The molecule has 1 unspecified atom stereocenters. The van der Waals surface area contributed by atoms with Crippen LogP contribution in [0.3, 0.4) is 0 Å². The number of nitrogens with one attached hydrogen (secondary N) is 1. The molecule has 2 amide bonds. The summed E-state index contributed by atoms with van der Waals surface area (Å²) >= 11 is 0. The molecule has 1 saturated heterocycles. The first kappa shape index (κ1) is 19.9. The molecule has 0 radical (unpaired) electrons. The number of ether oxygens (including phenoxy) is 3. The average molecular weight is 364 g/mol. The van der Waals surface area contributed by atoms with Crippen molar-refractivity contribution in [2.75, 3.05) is 20.8 Å². The Kier molecular flexibility index (Phi) is 6.34. The molecule has 26 heavy (non-hydrogen) atoms. The first-order chi connectivity index (χ1) is 12.2. The van der Waals surface area contributed by atoms with E-state index in [2.05, 4.69) is 5.32 Å². The molecule has 7 nitrogen and oxygen atoms in total. The zero-order chi connectivity index (χ0) is 19.3. The zero-order valence-corrected chi connectivity index (χ0v) is 16.1. The molecule has 1 aromatic rings. The topological polar surface area (TPSA) is 77.1 Å². The van der Waals surface area contributed by atoms with E-state index in [4.69, 9.17) is 14.2 Å². The lowest BCUT2D eigenvalue weighted by Crippen LogP contribution is -2.47. The van der Waals surface area contributed by atoms with Gasteiger partial charge >= 0.3 is 6.09 Å². The lowest BCUT2D eigenvalue weighted by molar-refractivity contribution is -0.125. The molecule has 0 spiro atoms. The lowest BCUT2D eigenvalue weighted by atomic mass is 10.1. The predicted molar refractivity (Wildman–Crippen MR) is 97.4 cm³/mol. The van der Waals surface area contributed by atoms with E-state index in [0.717, 1.165) is 12.0 Å². The molecule has 1 aromatic carbocycles. The van der Waals surface area contributed by atoms with E-state index in [-0.39, 0.29) is 5.91 Å². The molecular weight excluding hydrogens is 336 g/mol. The Hall–Kier alpha value is -2.44. The maximum atomic E-state index is 12.6. The van der Waals surface area contributed by atoms with Gasteiger partial charge in [0.25, 0.3) is 0 Å². The molecule has 1 fully saturated rings. The van der Waals surface area contributed by atoms with Gasteiger partial charge < -0.3 is 19.5 Å². The Labute approximate surface area is 154 Å². The number of likely N-dealkylation sites (tertiary alicyclic amines) is 1. The molecule has 0 aliphatic carbocycles. The molecule has 0 saturated carbocycles. The van der Waals surface area contributed by atoms with E-state index in [1.54, 1.807) is 20.3 Å². The minimum absolute atomic E-state index is 0.185. The Morgan fingerprint density at radius 2 is 1.77 bits per heavy atom. The SMILES string of the molecule is COc1cc(CNC(=O)C2CCCN2C(=O)OC(C)(C)C)cc(OC)c1. The van der Waals surface area contributed by atoms with Crippen LogP contribution in [-0.2, 0) is 16.1 Å². The van der Waals surface area contributed by atoms with Crippen molar-refractivity contribution in [2.45, 2.75) is 51.8 Å². The summed E-state index contributed by atoms with van der Waals surface area (Å²) in [5.74, 6) is 1.13. The van der Waals surface area contributed by atoms with Gasteiger partial charge in [0.15, 0.2) is 0 Å². The van der Waals surface area contributed by atoms with Crippen LogP contribution in [0.5, 0.6) is 11.5 Å². The van der Waals surface area contributed by atoms with Crippen LogP contribution in [0, 0.1) is 0 Å². The highest BCUT2D eigenvalue weighted by Gasteiger charge is 2.36. The molecule has 1 N–H and O–H groups in total. The summed E-state index contributed by atoms with van der Waals surface area (Å²) < 4.78 is 15.9. The van der Waals surface area contributed by atoms with E-state index >= 15 is 0 Å². The minimum atomic E-state index is -0.585. The third-order valence-electron chi connectivity index (χ3n) is 4.06. The van der Waals surface area contributed by atoms with Crippen molar-refractivity contribution in [3.8, 4) is 11.5 Å². The summed E-state index contributed by atoms with van der Waals surface area (Å²) in [6.45, 7) is 6.29. The molecule has 144 valence electrons. The van der Waals surface area contributed by atoms with Crippen molar-refractivity contribution >= 4 is 12.0 Å². The number of amides is 2. The highest BCUT2D eigenvalue weighted by molar-refractivity contribution is 5.86. The van der Waals surface area contributed by atoms with Crippen molar-refractivity contribution in [1.29, 1.82) is 0 Å². The second-order valence-corrected chi connectivity index (χ2v) is 7.27. The Balaban J connectivity index is 1.99. The molecule has 7 heteroatoms. The van der Waals surface area contributed by atoms with Crippen LogP contribution in [0.1, 0.15) is 39.2 Å². The predicted octanol–water partition coefficient (Wildman–Crippen LogP) is 2.72. The molecular formula is C19H28N2O5. The Morgan fingerprint density at radius 3 is 2.31 bits per heavy atom. The first-order valence-electron chi connectivity index (χ1n) is 8.73. The average Bonchev–Trinajstić information content (AvgIpc) is 3.07. The van der Waals surface area contributed by atoms with Crippen molar-refractivity contribution < 1.29 is 23.8 Å². The van der Waals surface area contributed by atoms with Gasteiger partial charge in [-0.1, -0.05) is 0 Å². The Morgan fingerprint density at radius 1 is 1.15 bits per heavy atom. The van der Waals surface area contributed by atoms with Gasteiger partial charge in [0.2, 0.25) is 5.91 Å². The molecule has 1 aliphatic rings. The lowest BCUT2D eigenvalue weighted by Gasteiger charge is -2.28. The van der Waals surface area contributed by atoms with Crippen LogP contribution in [-0.4, -0.2) is 49.3 Å². The van der Waals surface area contributed by atoms with Gasteiger partial charge in [-0.2, -0.15) is 0 Å². The zero-order valence-electron chi connectivity index (χ0n) is 16.1. The fourth-order valence-corrected chi connectivity index (χ4v) is 2.85. The summed E-state index contributed by atoms with van der Waals surface area (Å²) in [7, 11) is 3.16. The van der Waals surface area contributed by atoms with Gasteiger partial charge in [-0.3, -0.25) is 9.69 Å². The van der Waals surface area contributed by atoms with Crippen molar-refractivity contribution in [2.24, 2.45) is 0 Å². The normalized spacial score (nSPS) is 17.0. The third kappa shape index (κ3) is 5.28.